The lowest BCUT2D eigenvalue weighted by Gasteiger charge is -2.15. The molecule has 0 fully saturated rings. The Morgan fingerprint density at radius 3 is 2.69 bits per heavy atom. The van der Waals surface area contributed by atoms with Crippen LogP contribution in [0.15, 0.2) is 10.5 Å². The number of carbonyl (C=O) groups excluding carboxylic acids is 1. The van der Waals surface area contributed by atoms with Crippen LogP contribution in [-0.2, 0) is 4.74 Å². The highest BCUT2D eigenvalue weighted by Crippen LogP contribution is 2.13. The molecule has 1 N–H and O–H groups in total. The van der Waals surface area contributed by atoms with Gasteiger partial charge in [0, 0.05) is 7.11 Å². The predicted octanol–water partition coefficient (Wildman–Crippen LogP) is 2.05. The van der Waals surface area contributed by atoms with E-state index in [2.05, 4.69) is 5.32 Å². The van der Waals surface area contributed by atoms with Gasteiger partial charge in [-0.2, -0.15) is 0 Å². The van der Waals surface area contributed by atoms with E-state index in [1.807, 2.05) is 13.8 Å². The molecule has 0 saturated carbocycles. The van der Waals surface area contributed by atoms with E-state index in [0.717, 1.165) is 12.2 Å². The summed E-state index contributed by atoms with van der Waals surface area (Å²) in [7, 11) is 1.63. The Bertz CT molecular complexity index is 357. The van der Waals surface area contributed by atoms with Crippen LogP contribution in [-0.4, -0.2) is 25.7 Å². The van der Waals surface area contributed by atoms with Crippen molar-refractivity contribution in [3.05, 3.63) is 23.2 Å². The van der Waals surface area contributed by atoms with Crippen LogP contribution in [0.4, 0.5) is 0 Å². The van der Waals surface area contributed by atoms with Gasteiger partial charge in [-0.3, -0.25) is 4.79 Å². The molecule has 0 aromatic carbocycles. The van der Waals surface area contributed by atoms with E-state index in [9.17, 15) is 4.79 Å². The van der Waals surface area contributed by atoms with Crippen LogP contribution in [0.3, 0.4) is 0 Å². The highest BCUT2D eigenvalue weighted by Gasteiger charge is 2.16. The molecule has 0 spiro atoms. The second-order valence-corrected chi connectivity index (χ2v) is 3.86. The second kappa shape index (κ2) is 5.70. The summed E-state index contributed by atoms with van der Waals surface area (Å²) in [6, 6.07) is 1.80. The number of methoxy groups -OCH3 is 1. The number of furan rings is 1. The van der Waals surface area contributed by atoms with Crippen LogP contribution >= 0.6 is 0 Å². The van der Waals surface area contributed by atoms with Crippen LogP contribution in [0.1, 0.15) is 35.2 Å². The maximum atomic E-state index is 11.9. The Kier molecular flexibility index (Phi) is 4.55. The van der Waals surface area contributed by atoms with Crippen molar-refractivity contribution in [3.8, 4) is 0 Å². The first-order chi connectivity index (χ1) is 7.58. The average molecular weight is 225 g/mol. The van der Waals surface area contributed by atoms with E-state index in [1.165, 1.54) is 0 Å². The molecule has 0 aliphatic rings. The number of aryl methyl sites for hydroxylation is 2. The molecule has 1 amide bonds. The first kappa shape index (κ1) is 12.8. The Hall–Kier alpha value is -1.29. The number of nitrogens with one attached hydrogen (secondary N) is 1. The molecule has 0 aliphatic carbocycles. The molecule has 1 aromatic heterocycles. The van der Waals surface area contributed by atoms with Gasteiger partial charge in [0.25, 0.3) is 5.91 Å². The highest BCUT2D eigenvalue weighted by molar-refractivity contribution is 5.95. The van der Waals surface area contributed by atoms with Gasteiger partial charge in [0.05, 0.1) is 18.2 Å². The van der Waals surface area contributed by atoms with Crippen molar-refractivity contribution in [3.63, 3.8) is 0 Å². The smallest absolute Gasteiger partial charge is 0.255 e. The van der Waals surface area contributed by atoms with Crippen LogP contribution in [0.25, 0.3) is 0 Å². The summed E-state index contributed by atoms with van der Waals surface area (Å²) in [5.74, 6) is 1.31. The summed E-state index contributed by atoms with van der Waals surface area (Å²) in [5.41, 5.74) is 0.604. The zero-order valence-electron chi connectivity index (χ0n) is 10.3. The molecule has 0 aliphatic heterocycles. The molecule has 4 nitrogen and oxygen atoms in total. The van der Waals surface area contributed by atoms with Crippen molar-refractivity contribution < 1.29 is 13.9 Å². The van der Waals surface area contributed by atoms with Gasteiger partial charge in [-0.25, -0.2) is 0 Å². The van der Waals surface area contributed by atoms with Gasteiger partial charge in [0.1, 0.15) is 11.5 Å². The zero-order valence-corrected chi connectivity index (χ0v) is 10.3. The summed E-state index contributed by atoms with van der Waals surface area (Å²) < 4.78 is 10.3. The van der Waals surface area contributed by atoms with Crippen LogP contribution in [0.2, 0.25) is 0 Å². The van der Waals surface area contributed by atoms with Crippen molar-refractivity contribution in [2.75, 3.05) is 13.7 Å². The quantitative estimate of drug-likeness (QED) is 0.834. The standard InChI is InChI=1S/C12H19NO3/c1-5-10(7-15-4)13-12(14)11-6-8(2)16-9(11)3/h6,10H,5,7H2,1-4H3,(H,13,14). The minimum atomic E-state index is -0.0988. The normalized spacial score (nSPS) is 12.5. The molecular weight excluding hydrogens is 206 g/mol. The molecular formula is C12H19NO3. The summed E-state index contributed by atoms with van der Waals surface area (Å²) in [6.07, 6.45) is 0.843. The largest absolute Gasteiger partial charge is 0.466 e. The Balaban J connectivity index is 2.67. The molecule has 1 aromatic rings. The maximum Gasteiger partial charge on any atom is 0.255 e. The lowest BCUT2D eigenvalue weighted by atomic mass is 10.2. The molecule has 90 valence electrons. The minimum absolute atomic E-state index is 0.0482. The van der Waals surface area contributed by atoms with Gasteiger partial charge in [-0.1, -0.05) is 6.92 Å². The lowest BCUT2D eigenvalue weighted by Crippen LogP contribution is -2.37. The summed E-state index contributed by atoms with van der Waals surface area (Å²) in [5, 5.41) is 2.91. The summed E-state index contributed by atoms with van der Waals surface area (Å²) in [4.78, 5) is 11.9. The molecule has 0 bridgehead atoms. The molecule has 1 heterocycles. The minimum Gasteiger partial charge on any atom is -0.466 e. The first-order valence-electron chi connectivity index (χ1n) is 5.45. The molecule has 1 atom stereocenters. The molecule has 1 unspecified atom stereocenters. The third kappa shape index (κ3) is 3.10. The first-order valence-corrected chi connectivity index (χ1v) is 5.45. The number of rotatable bonds is 5. The van der Waals surface area contributed by atoms with E-state index >= 15 is 0 Å². The van der Waals surface area contributed by atoms with E-state index < -0.39 is 0 Å². The van der Waals surface area contributed by atoms with Gasteiger partial charge in [-0.05, 0) is 26.3 Å². The van der Waals surface area contributed by atoms with E-state index in [-0.39, 0.29) is 11.9 Å². The fraction of sp³-hybridized carbons (Fsp3) is 0.583. The van der Waals surface area contributed by atoms with Gasteiger partial charge in [-0.15, -0.1) is 0 Å². The van der Waals surface area contributed by atoms with Crippen molar-refractivity contribution in [2.24, 2.45) is 0 Å². The van der Waals surface area contributed by atoms with Gasteiger partial charge in [0.15, 0.2) is 0 Å². The van der Waals surface area contributed by atoms with Crippen LogP contribution in [0.5, 0.6) is 0 Å². The van der Waals surface area contributed by atoms with Crippen molar-refractivity contribution in [2.45, 2.75) is 33.2 Å². The van der Waals surface area contributed by atoms with E-state index in [0.29, 0.717) is 17.9 Å². The number of amides is 1. The van der Waals surface area contributed by atoms with Gasteiger partial charge in [0.2, 0.25) is 0 Å². The van der Waals surface area contributed by atoms with Crippen molar-refractivity contribution in [1.29, 1.82) is 0 Å². The predicted molar refractivity (Wildman–Crippen MR) is 61.6 cm³/mol. The van der Waals surface area contributed by atoms with Gasteiger partial charge >= 0.3 is 0 Å². The van der Waals surface area contributed by atoms with Crippen molar-refractivity contribution >= 4 is 5.91 Å². The fourth-order valence-corrected chi connectivity index (χ4v) is 1.58. The number of hydrogen-bond donors (Lipinski definition) is 1. The third-order valence-electron chi connectivity index (χ3n) is 2.48. The molecule has 4 heteroatoms. The zero-order chi connectivity index (χ0) is 12.1. The number of ether oxygens (including phenoxy) is 1. The Morgan fingerprint density at radius 1 is 1.56 bits per heavy atom. The average Bonchev–Trinajstić information content (AvgIpc) is 2.57. The lowest BCUT2D eigenvalue weighted by molar-refractivity contribution is 0.0893. The highest BCUT2D eigenvalue weighted by atomic mass is 16.5. The topological polar surface area (TPSA) is 51.5 Å². The molecule has 0 saturated heterocycles. The molecule has 16 heavy (non-hydrogen) atoms. The number of carbonyl (C=O) groups is 1. The van der Waals surface area contributed by atoms with Crippen molar-refractivity contribution in [1.82, 2.24) is 5.32 Å². The SMILES string of the molecule is CCC(COC)NC(=O)c1cc(C)oc1C. The van der Waals surface area contributed by atoms with Crippen LogP contribution < -0.4 is 5.32 Å². The summed E-state index contributed by atoms with van der Waals surface area (Å²) >= 11 is 0. The van der Waals surface area contributed by atoms with E-state index in [4.69, 9.17) is 9.15 Å². The third-order valence-corrected chi connectivity index (χ3v) is 2.48. The van der Waals surface area contributed by atoms with Crippen LogP contribution in [0, 0.1) is 13.8 Å². The monoisotopic (exact) mass is 225 g/mol. The van der Waals surface area contributed by atoms with E-state index in [1.54, 1.807) is 20.1 Å². The summed E-state index contributed by atoms with van der Waals surface area (Å²) in [6.45, 7) is 6.16. The Morgan fingerprint density at radius 2 is 2.25 bits per heavy atom. The second-order valence-electron chi connectivity index (χ2n) is 3.86. The maximum absolute atomic E-state index is 11.9. The van der Waals surface area contributed by atoms with Gasteiger partial charge < -0.3 is 14.5 Å². The molecule has 1 rings (SSSR count). The molecule has 0 radical (unpaired) electrons. The fourth-order valence-electron chi connectivity index (χ4n) is 1.58. The Labute approximate surface area is 96.0 Å². The number of hydrogen-bond acceptors (Lipinski definition) is 3.